The van der Waals surface area contributed by atoms with Gasteiger partial charge in [-0.25, -0.2) is 9.69 Å². The molecule has 1 heterocycles. The van der Waals surface area contributed by atoms with Crippen molar-refractivity contribution in [2.24, 2.45) is 10.9 Å². The first-order chi connectivity index (χ1) is 12.4. The fraction of sp³-hybridized carbons (Fsp3) is 0.111. The molecule has 0 aromatic heterocycles. The first kappa shape index (κ1) is 18.3. The predicted molar refractivity (Wildman–Crippen MR) is 103 cm³/mol. The molecule has 0 saturated carbocycles. The molecule has 2 aromatic rings. The summed E-state index contributed by atoms with van der Waals surface area (Å²) in [6, 6.07) is 11.1. The third-order valence-electron chi connectivity index (χ3n) is 3.77. The minimum absolute atomic E-state index is 0.366. The third-order valence-corrected chi connectivity index (χ3v) is 4.56. The quantitative estimate of drug-likeness (QED) is 0.585. The van der Waals surface area contributed by atoms with Gasteiger partial charge in [-0.2, -0.15) is 0 Å². The molecule has 8 heteroatoms. The van der Waals surface area contributed by atoms with Gasteiger partial charge >= 0.3 is 6.03 Å². The van der Waals surface area contributed by atoms with E-state index in [2.05, 4.69) is 26.2 Å². The first-order valence-corrected chi connectivity index (χ1v) is 8.78. The molecule has 3 rings (SSSR count). The van der Waals surface area contributed by atoms with Crippen molar-refractivity contribution in [2.75, 3.05) is 4.90 Å². The lowest BCUT2D eigenvalue weighted by molar-refractivity contribution is -0.131. The molecular formula is C18H13BrClN3O3. The molecule has 1 saturated heterocycles. The van der Waals surface area contributed by atoms with Crippen LogP contribution in [0.5, 0.6) is 0 Å². The summed E-state index contributed by atoms with van der Waals surface area (Å²) in [6.07, 6.45) is 1.19. The van der Waals surface area contributed by atoms with Gasteiger partial charge < -0.3 is 0 Å². The van der Waals surface area contributed by atoms with E-state index in [4.69, 9.17) is 11.6 Å². The molecule has 0 spiro atoms. The second-order valence-electron chi connectivity index (χ2n) is 5.66. The number of halogens is 2. The van der Waals surface area contributed by atoms with Gasteiger partial charge in [0.2, 0.25) is 5.91 Å². The lowest BCUT2D eigenvalue weighted by Gasteiger charge is -2.28. The summed E-state index contributed by atoms with van der Waals surface area (Å²) in [5.74, 6) is -2.62. The Kier molecular flexibility index (Phi) is 5.20. The molecule has 26 heavy (non-hydrogen) atoms. The van der Waals surface area contributed by atoms with Gasteiger partial charge in [0.25, 0.3) is 5.91 Å². The van der Waals surface area contributed by atoms with E-state index in [1.807, 2.05) is 6.92 Å². The highest BCUT2D eigenvalue weighted by molar-refractivity contribution is 9.10. The van der Waals surface area contributed by atoms with Crippen molar-refractivity contribution in [1.29, 1.82) is 0 Å². The molecule has 0 bridgehead atoms. The molecule has 1 atom stereocenters. The van der Waals surface area contributed by atoms with E-state index in [0.29, 0.717) is 16.4 Å². The molecule has 6 nitrogen and oxygen atoms in total. The number of carbonyl (C=O) groups excluding carboxylic acids is 3. The van der Waals surface area contributed by atoms with Gasteiger partial charge in [-0.05, 0) is 37.3 Å². The number of rotatable bonds is 3. The van der Waals surface area contributed by atoms with Gasteiger partial charge in [-0.15, -0.1) is 0 Å². The minimum Gasteiger partial charge on any atom is -0.276 e. The van der Waals surface area contributed by atoms with E-state index in [-0.39, 0.29) is 0 Å². The van der Waals surface area contributed by atoms with Crippen LogP contribution in [0.2, 0.25) is 5.02 Å². The average molecular weight is 435 g/mol. The van der Waals surface area contributed by atoms with Crippen LogP contribution in [0.3, 0.4) is 0 Å². The number of urea groups is 1. The van der Waals surface area contributed by atoms with Gasteiger partial charge in [-0.3, -0.25) is 19.9 Å². The van der Waals surface area contributed by atoms with Crippen LogP contribution in [0.25, 0.3) is 0 Å². The number of amides is 4. The second-order valence-corrected chi connectivity index (χ2v) is 6.98. The lowest BCUT2D eigenvalue weighted by atomic mass is 10.1. The van der Waals surface area contributed by atoms with Gasteiger partial charge in [-0.1, -0.05) is 45.2 Å². The van der Waals surface area contributed by atoms with Crippen molar-refractivity contribution in [3.8, 4) is 0 Å². The monoisotopic (exact) mass is 433 g/mol. The van der Waals surface area contributed by atoms with E-state index in [1.54, 1.807) is 42.5 Å². The Balaban J connectivity index is 1.90. The molecule has 0 radical (unpaired) electrons. The van der Waals surface area contributed by atoms with Crippen LogP contribution >= 0.6 is 27.5 Å². The number of imide groups is 2. The van der Waals surface area contributed by atoms with Crippen molar-refractivity contribution < 1.29 is 14.4 Å². The zero-order valence-corrected chi connectivity index (χ0v) is 15.9. The lowest BCUT2D eigenvalue weighted by Crippen LogP contribution is -2.58. The van der Waals surface area contributed by atoms with Crippen molar-refractivity contribution in [3.05, 3.63) is 57.5 Å². The van der Waals surface area contributed by atoms with Gasteiger partial charge in [0.05, 0.1) is 16.4 Å². The average Bonchev–Trinajstić information content (AvgIpc) is 2.57. The Labute approximate surface area is 163 Å². The van der Waals surface area contributed by atoms with Crippen molar-refractivity contribution >= 4 is 63.0 Å². The third kappa shape index (κ3) is 3.68. The normalized spacial score (nSPS) is 17.7. The summed E-state index contributed by atoms with van der Waals surface area (Å²) >= 11 is 9.38. The molecule has 1 N–H and O–H groups in total. The Morgan fingerprint density at radius 1 is 1.15 bits per heavy atom. The molecule has 0 unspecified atom stereocenters. The molecule has 1 fully saturated rings. The summed E-state index contributed by atoms with van der Waals surface area (Å²) in [4.78, 5) is 42.0. The van der Waals surface area contributed by atoms with Crippen LogP contribution < -0.4 is 10.2 Å². The summed E-state index contributed by atoms with van der Waals surface area (Å²) in [7, 11) is 0. The smallest absolute Gasteiger partial charge is 0.276 e. The Bertz CT molecular complexity index is 928. The summed E-state index contributed by atoms with van der Waals surface area (Å²) < 4.78 is 0.782. The second kappa shape index (κ2) is 7.39. The molecule has 1 aliphatic heterocycles. The standard InChI is InChI=1S/C18H13BrClN3O3/c1-10-2-5-12(6-3-10)23-17(25)13(16(24)22-18(23)26)9-21-15-7-4-11(19)8-14(15)20/h2-9,13H,1H3,(H,22,24,26)/t13-/m0/s1. The number of nitrogens with zero attached hydrogens (tertiary/aromatic N) is 2. The van der Waals surface area contributed by atoms with E-state index in [0.717, 1.165) is 14.9 Å². The number of hydrogen-bond acceptors (Lipinski definition) is 4. The number of aliphatic imine (C=N–C) groups is 1. The largest absolute Gasteiger partial charge is 0.335 e. The van der Waals surface area contributed by atoms with Crippen LogP contribution in [0, 0.1) is 12.8 Å². The van der Waals surface area contributed by atoms with E-state index < -0.39 is 23.8 Å². The Hall–Kier alpha value is -2.51. The zero-order chi connectivity index (χ0) is 18.8. The highest BCUT2D eigenvalue weighted by Crippen LogP contribution is 2.28. The number of benzene rings is 2. The Morgan fingerprint density at radius 3 is 2.50 bits per heavy atom. The Morgan fingerprint density at radius 2 is 1.85 bits per heavy atom. The molecule has 1 aliphatic rings. The van der Waals surface area contributed by atoms with Gasteiger partial charge in [0, 0.05) is 10.7 Å². The number of hydrogen-bond donors (Lipinski definition) is 1. The van der Waals surface area contributed by atoms with E-state index in [1.165, 1.54) is 6.21 Å². The molecule has 0 aliphatic carbocycles. The van der Waals surface area contributed by atoms with E-state index in [9.17, 15) is 14.4 Å². The van der Waals surface area contributed by atoms with Gasteiger partial charge in [0.15, 0.2) is 5.92 Å². The highest BCUT2D eigenvalue weighted by Gasteiger charge is 2.40. The molecular weight excluding hydrogens is 422 g/mol. The van der Waals surface area contributed by atoms with Gasteiger partial charge in [0.1, 0.15) is 0 Å². The fourth-order valence-corrected chi connectivity index (χ4v) is 3.12. The van der Waals surface area contributed by atoms with Crippen molar-refractivity contribution in [2.45, 2.75) is 6.92 Å². The van der Waals surface area contributed by atoms with E-state index >= 15 is 0 Å². The van der Waals surface area contributed by atoms with Crippen LogP contribution in [-0.2, 0) is 9.59 Å². The number of aryl methyl sites for hydroxylation is 1. The maximum atomic E-state index is 12.7. The summed E-state index contributed by atoms with van der Waals surface area (Å²) in [6.45, 7) is 1.89. The molecule has 132 valence electrons. The SMILES string of the molecule is Cc1ccc(N2C(=O)NC(=O)[C@H](C=Nc3ccc(Br)cc3Cl)C2=O)cc1. The molecule has 2 aromatic carbocycles. The van der Waals surface area contributed by atoms with Crippen LogP contribution in [0.4, 0.5) is 16.2 Å². The maximum Gasteiger partial charge on any atom is 0.335 e. The van der Waals surface area contributed by atoms with Crippen molar-refractivity contribution in [1.82, 2.24) is 5.32 Å². The highest BCUT2D eigenvalue weighted by atomic mass is 79.9. The first-order valence-electron chi connectivity index (χ1n) is 7.61. The topological polar surface area (TPSA) is 78.8 Å². The predicted octanol–water partition coefficient (Wildman–Crippen LogP) is 4.01. The minimum atomic E-state index is -1.23. The number of anilines is 1. The zero-order valence-electron chi connectivity index (χ0n) is 13.6. The number of barbiturate groups is 1. The summed E-state index contributed by atoms with van der Waals surface area (Å²) in [5, 5.41) is 2.54. The molecule has 4 amide bonds. The number of carbonyl (C=O) groups is 3. The summed E-state index contributed by atoms with van der Waals surface area (Å²) in [5.41, 5.74) is 1.78. The van der Waals surface area contributed by atoms with Crippen molar-refractivity contribution in [3.63, 3.8) is 0 Å². The maximum absolute atomic E-state index is 12.7. The van der Waals surface area contributed by atoms with Crippen LogP contribution in [-0.4, -0.2) is 24.1 Å². The number of nitrogens with one attached hydrogen (secondary N) is 1. The fourth-order valence-electron chi connectivity index (χ4n) is 2.40. The van der Waals surface area contributed by atoms with Crippen LogP contribution in [0.1, 0.15) is 5.56 Å². The van der Waals surface area contributed by atoms with Crippen LogP contribution in [0.15, 0.2) is 51.9 Å².